The molecular formula is C12H27N3O2. The highest BCUT2D eigenvalue weighted by molar-refractivity contribution is 4.93. The van der Waals surface area contributed by atoms with Crippen molar-refractivity contribution >= 4 is 0 Å². The van der Waals surface area contributed by atoms with Gasteiger partial charge in [0.05, 0.1) is 19.3 Å². The molecule has 0 bridgehead atoms. The lowest BCUT2D eigenvalue weighted by Gasteiger charge is -2.31. The Bertz CT molecular complexity index is 226. The zero-order chi connectivity index (χ0) is 13.0. The van der Waals surface area contributed by atoms with Crippen LogP contribution in [0.1, 0.15) is 6.92 Å². The number of ether oxygens (including phenoxy) is 1. The maximum absolute atomic E-state index is 9.50. The highest BCUT2D eigenvalue weighted by Gasteiger charge is 2.36. The number of hydrogen-bond acceptors (Lipinski definition) is 5. The molecule has 3 N–H and O–H groups in total. The normalized spacial score (nSPS) is 29.8. The van der Waals surface area contributed by atoms with E-state index in [0.717, 1.165) is 13.1 Å². The highest BCUT2D eigenvalue weighted by Crippen LogP contribution is 2.22. The van der Waals surface area contributed by atoms with Gasteiger partial charge in [-0.3, -0.25) is 4.90 Å². The van der Waals surface area contributed by atoms with Crippen molar-refractivity contribution in [1.29, 1.82) is 0 Å². The molecule has 4 atom stereocenters. The molecule has 0 aromatic carbocycles. The fourth-order valence-corrected chi connectivity index (χ4v) is 2.75. The average Bonchev–Trinajstić information content (AvgIpc) is 2.62. The van der Waals surface area contributed by atoms with Gasteiger partial charge < -0.3 is 20.5 Å². The summed E-state index contributed by atoms with van der Waals surface area (Å²) in [5.74, 6) is 0.605. The first-order valence-corrected chi connectivity index (χ1v) is 6.27. The van der Waals surface area contributed by atoms with E-state index < -0.39 is 0 Å². The van der Waals surface area contributed by atoms with Gasteiger partial charge in [0, 0.05) is 32.3 Å². The molecule has 0 aliphatic carbocycles. The summed E-state index contributed by atoms with van der Waals surface area (Å²) in [5.41, 5.74) is 6.05. The Morgan fingerprint density at radius 1 is 1.47 bits per heavy atom. The molecule has 0 spiro atoms. The average molecular weight is 245 g/mol. The molecule has 1 aliphatic rings. The van der Waals surface area contributed by atoms with Gasteiger partial charge in [-0.2, -0.15) is 0 Å². The van der Waals surface area contributed by atoms with E-state index in [4.69, 9.17) is 10.5 Å². The standard InChI is InChI=1S/C12H27N3O2/c1-9-5-15(6-11(9)14(2)3)12(7-16)10(13)8-17-4/h9-12,16H,5-8,13H2,1-4H3. The van der Waals surface area contributed by atoms with Gasteiger partial charge in [-0.25, -0.2) is 0 Å². The minimum atomic E-state index is -0.127. The third kappa shape index (κ3) is 3.63. The molecule has 5 heteroatoms. The Balaban J connectivity index is 2.60. The van der Waals surface area contributed by atoms with Gasteiger partial charge in [-0.1, -0.05) is 6.92 Å². The van der Waals surface area contributed by atoms with Gasteiger partial charge >= 0.3 is 0 Å². The number of aliphatic hydroxyl groups is 1. The van der Waals surface area contributed by atoms with Crippen LogP contribution < -0.4 is 5.73 Å². The molecule has 0 amide bonds. The van der Waals surface area contributed by atoms with Gasteiger partial charge in [-0.15, -0.1) is 0 Å². The van der Waals surface area contributed by atoms with Crippen LogP contribution in [0, 0.1) is 5.92 Å². The van der Waals surface area contributed by atoms with E-state index in [9.17, 15) is 5.11 Å². The van der Waals surface area contributed by atoms with Crippen LogP contribution in [0.25, 0.3) is 0 Å². The molecule has 1 heterocycles. The Morgan fingerprint density at radius 3 is 2.53 bits per heavy atom. The predicted molar refractivity (Wildman–Crippen MR) is 68.9 cm³/mol. The van der Waals surface area contributed by atoms with E-state index in [-0.39, 0.29) is 18.7 Å². The molecule has 0 radical (unpaired) electrons. The monoisotopic (exact) mass is 245 g/mol. The van der Waals surface area contributed by atoms with Crippen LogP contribution in [-0.2, 0) is 4.74 Å². The Labute approximate surface area is 105 Å². The molecule has 102 valence electrons. The molecule has 1 aliphatic heterocycles. The summed E-state index contributed by atoms with van der Waals surface area (Å²) in [6.07, 6.45) is 0. The van der Waals surface area contributed by atoms with E-state index in [1.165, 1.54) is 0 Å². The second kappa shape index (κ2) is 6.66. The van der Waals surface area contributed by atoms with Crippen LogP contribution >= 0.6 is 0 Å². The number of hydrogen-bond donors (Lipinski definition) is 2. The lowest BCUT2D eigenvalue weighted by Crippen LogP contribution is -2.51. The van der Waals surface area contributed by atoms with Crippen molar-refractivity contribution in [3.63, 3.8) is 0 Å². The molecule has 0 aromatic rings. The second-order valence-corrected chi connectivity index (χ2v) is 5.33. The fourth-order valence-electron chi connectivity index (χ4n) is 2.75. The first-order chi connectivity index (χ1) is 8.01. The van der Waals surface area contributed by atoms with Crippen LogP contribution in [0.3, 0.4) is 0 Å². The number of aliphatic hydroxyl groups excluding tert-OH is 1. The van der Waals surface area contributed by atoms with Crippen molar-refractivity contribution < 1.29 is 9.84 Å². The molecule has 17 heavy (non-hydrogen) atoms. The van der Waals surface area contributed by atoms with Crippen molar-refractivity contribution in [3.8, 4) is 0 Å². The van der Waals surface area contributed by atoms with Crippen molar-refractivity contribution in [1.82, 2.24) is 9.80 Å². The number of methoxy groups -OCH3 is 1. The predicted octanol–water partition coefficient (Wildman–Crippen LogP) is -0.797. The fraction of sp³-hybridized carbons (Fsp3) is 1.00. The van der Waals surface area contributed by atoms with Crippen molar-refractivity contribution in [2.75, 3.05) is 47.5 Å². The summed E-state index contributed by atoms with van der Waals surface area (Å²) in [4.78, 5) is 4.54. The summed E-state index contributed by atoms with van der Waals surface area (Å²) in [5, 5.41) is 9.50. The molecular weight excluding hydrogens is 218 g/mol. The molecule has 0 aromatic heterocycles. The zero-order valence-corrected chi connectivity index (χ0v) is 11.5. The summed E-state index contributed by atoms with van der Waals surface area (Å²) in [6.45, 7) is 4.80. The number of likely N-dealkylation sites (N-methyl/N-ethyl adjacent to an activating group) is 1. The number of nitrogens with two attached hydrogens (primary N) is 1. The summed E-state index contributed by atoms with van der Waals surface area (Å²) < 4.78 is 5.07. The molecule has 5 nitrogen and oxygen atoms in total. The Hall–Kier alpha value is -0.200. The van der Waals surface area contributed by atoms with Crippen LogP contribution in [-0.4, -0.2) is 80.5 Å². The Kier molecular flexibility index (Phi) is 5.82. The first-order valence-electron chi connectivity index (χ1n) is 6.27. The maximum Gasteiger partial charge on any atom is 0.0629 e. The van der Waals surface area contributed by atoms with Gasteiger partial charge in [0.2, 0.25) is 0 Å². The van der Waals surface area contributed by atoms with Crippen LogP contribution in [0.15, 0.2) is 0 Å². The summed E-state index contributed by atoms with van der Waals surface area (Å²) in [6, 6.07) is 0.416. The van der Waals surface area contributed by atoms with E-state index in [0.29, 0.717) is 18.6 Å². The van der Waals surface area contributed by atoms with Crippen molar-refractivity contribution in [3.05, 3.63) is 0 Å². The Morgan fingerprint density at radius 2 is 2.12 bits per heavy atom. The molecule has 4 unspecified atom stereocenters. The van der Waals surface area contributed by atoms with Gasteiger partial charge in [0.25, 0.3) is 0 Å². The van der Waals surface area contributed by atoms with Crippen LogP contribution in [0.2, 0.25) is 0 Å². The van der Waals surface area contributed by atoms with Crippen molar-refractivity contribution in [2.24, 2.45) is 11.7 Å². The zero-order valence-electron chi connectivity index (χ0n) is 11.5. The molecule has 1 saturated heterocycles. The van der Waals surface area contributed by atoms with Crippen molar-refractivity contribution in [2.45, 2.75) is 25.0 Å². The third-order valence-corrected chi connectivity index (χ3v) is 3.77. The SMILES string of the molecule is COCC(N)C(CO)N1CC(C)C(N(C)C)C1. The first kappa shape index (κ1) is 14.9. The lowest BCUT2D eigenvalue weighted by molar-refractivity contribution is 0.0800. The molecule has 0 saturated carbocycles. The largest absolute Gasteiger partial charge is 0.395 e. The van der Waals surface area contributed by atoms with Gasteiger partial charge in [0.1, 0.15) is 0 Å². The maximum atomic E-state index is 9.50. The minimum Gasteiger partial charge on any atom is -0.395 e. The highest BCUT2D eigenvalue weighted by atomic mass is 16.5. The third-order valence-electron chi connectivity index (χ3n) is 3.77. The topological polar surface area (TPSA) is 62.0 Å². The quantitative estimate of drug-likeness (QED) is 0.642. The summed E-state index contributed by atoms with van der Waals surface area (Å²) >= 11 is 0. The number of rotatable bonds is 6. The number of nitrogens with zero attached hydrogens (tertiary/aromatic N) is 2. The van der Waals surface area contributed by atoms with E-state index in [1.807, 2.05) is 0 Å². The second-order valence-electron chi connectivity index (χ2n) is 5.33. The van der Waals surface area contributed by atoms with Gasteiger partial charge in [-0.05, 0) is 20.0 Å². The number of likely N-dealkylation sites (tertiary alicyclic amines) is 1. The molecule has 1 rings (SSSR count). The van der Waals surface area contributed by atoms with Crippen LogP contribution in [0.4, 0.5) is 0 Å². The van der Waals surface area contributed by atoms with E-state index >= 15 is 0 Å². The minimum absolute atomic E-state index is 0.00218. The van der Waals surface area contributed by atoms with E-state index in [2.05, 4.69) is 30.8 Å². The van der Waals surface area contributed by atoms with Gasteiger partial charge in [0.15, 0.2) is 0 Å². The molecule has 1 fully saturated rings. The summed E-state index contributed by atoms with van der Waals surface area (Å²) in [7, 11) is 5.85. The lowest BCUT2D eigenvalue weighted by atomic mass is 10.1. The van der Waals surface area contributed by atoms with Crippen LogP contribution in [0.5, 0.6) is 0 Å². The van der Waals surface area contributed by atoms with E-state index in [1.54, 1.807) is 7.11 Å². The smallest absolute Gasteiger partial charge is 0.0629 e.